The van der Waals surface area contributed by atoms with E-state index in [2.05, 4.69) is 0 Å². The van der Waals surface area contributed by atoms with Crippen molar-refractivity contribution in [3.63, 3.8) is 0 Å². The summed E-state index contributed by atoms with van der Waals surface area (Å²) in [6.07, 6.45) is 0.450. The van der Waals surface area contributed by atoms with Gasteiger partial charge >= 0.3 is 0 Å². The highest BCUT2D eigenvalue weighted by atomic mass is 16.5. The quantitative estimate of drug-likeness (QED) is 0.752. The number of carbonyl (C=O) groups is 2. The number of rotatable bonds is 6. The number of hydrogen-bond acceptors (Lipinski definition) is 3. The van der Waals surface area contributed by atoms with Crippen LogP contribution < -0.4 is 4.74 Å². The topological polar surface area (TPSA) is 43.4 Å². The van der Waals surface area contributed by atoms with Gasteiger partial charge in [0, 0.05) is 24.0 Å². The second-order valence-corrected chi connectivity index (χ2v) is 5.37. The van der Waals surface area contributed by atoms with Crippen molar-refractivity contribution >= 4 is 11.6 Å². The summed E-state index contributed by atoms with van der Waals surface area (Å²) in [5.74, 6) is 0.688. The third-order valence-electron chi connectivity index (χ3n) is 3.82. The molecule has 0 aliphatic heterocycles. The van der Waals surface area contributed by atoms with Crippen LogP contribution in [0.3, 0.4) is 0 Å². The summed E-state index contributed by atoms with van der Waals surface area (Å²) in [5.41, 5.74) is 3.53. The molecule has 3 nitrogen and oxygen atoms in total. The fourth-order valence-corrected chi connectivity index (χ4v) is 2.21. The van der Waals surface area contributed by atoms with Crippen molar-refractivity contribution in [1.82, 2.24) is 0 Å². The predicted octanol–water partition coefficient (Wildman–Crippen LogP) is 4.16. The lowest BCUT2D eigenvalue weighted by Crippen LogP contribution is -2.05. The van der Waals surface area contributed by atoms with Crippen LogP contribution in [0.5, 0.6) is 5.75 Å². The molecule has 0 amide bonds. The molecule has 0 bridgehead atoms. The maximum absolute atomic E-state index is 12.2. The first-order valence-corrected chi connectivity index (χ1v) is 7.29. The Morgan fingerprint density at radius 3 is 1.91 bits per heavy atom. The molecule has 0 aromatic heterocycles. The van der Waals surface area contributed by atoms with Gasteiger partial charge in [-0.1, -0.05) is 12.1 Å². The lowest BCUT2D eigenvalue weighted by atomic mass is 9.99. The van der Waals surface area contributed by atoms with Crippen molar-refractivity contribution in [1.29, 1.82) is 0 Å². The Balaban J connectivity index is 1.97. The van der Waals surface area contributed by atoms with E-state index in [-0.39, 0.29) is 24.4 Å². The number of benzene rings is 2. The second-order valence-electron chi connectivity index (χ2n) is 5.37. The number of Topliss-reactive ketones (excluding diaryl/α,β-unsaturated/α-hetero) is 2. The maximum Gasteiger partial charge on any atom is 0.163 e. The third-order valence-corrected chi connectivity index (χ3v) is 3.82. The summed E-state index contributed by atoms with van der Waals surface area (Å²) in [7, 11) is 1.58. The van der Waals surface area contributed by atoms with Crippen molar-refractivity contribution in [3.05, 3.63) is 64.7 Å². The molecule has 0 heterocycles. The van der Waals surface area contributed by atoms with Crippen LogP contribution in [0.1, 0.15) is 44.7 Å². The minimum absolute atomic E-state index is 0.00459. The lowest BCUT2D eigenvalue weighted by molar-refractivity contribution is 0.0917. The minimum atomic E-state index is -0.0279. The van der Waals surface area contributed by atoms with Crippen LogP contribution in [-0.2, 0) is 0 Å². The van der Waals surface area contributed by atoms with Gasteiger partial charge in [0.2, 0.25) is 0 Å². The van der Waals surface area contributed by atoms with E-state index in [1.807, 2.05) is 32.0 Å². The van der Waals surface area contributed by atoms with Crippen LogP contribution in [0.25, 0.3) is 0 Å². The van der Waals surface area contributed by atoms with Crippen LogP contribution in [-0.4, -0.2) is 18.7 Å². The normalized spacial score (nSPS) is 10.3. The minimum Gasteiger partial charge on any atom is -0.497 e. The number of methoxy groups -OCH3 is 1. The first-order valence-electron chi connectivity index (χ1n) is 7.29. The van der Waals surface area contributed by atoms with E-state index in [9.17, 15) is 9.59 Å². The van der Waals surface area contributed by atoms with E-state index in [0.717, 1.165) is 11.1 Å². The Morgan fingerprint density at radius 1 is 0.818 bits per heavy atom. The molecule has 2 aromatic carbocycles. The largest absolute Gasteiger partial charge is 0.497 e. The third kappa shape index (κ3) is 3.82. The van der Waals surface area contributed by atoms with Gasteiger partial charge in [-0.05, 0) is 55.3 Å². The molecule has 0 spiro atoms. The zero-order valence-corrected chi connectivity index (χ0v) is 13.2. The lowest BCUT2D eigenvalue weighted by Gasteiger charge is -2.05. The standard InChI is InChI=1S/C19H20O3/c1-13-4-5-16(12-14(13)2)19(21)11-10-18(20)15-6-8-17(22-3)9-7-15/h4-9,12H,10-11H2,1-3H3. The van der Waals surface area contributed by atoms with Crippen molar-refractivity contribution in [2.24, 2.45) is 0 Å². The Hall–Kier alpha value is -2.42. The molecule has 0 N–H and O–H groups in total. The fraction of sp³-hybridized carbons (Fsp3) is 0.263. The van der Waals surface area contributed by atoms with E-state index in [0.29, 0.717) is 16.9 Å². The summed E-state index contributed by atoms with van der Waals surface area (Å²) in [5, 5.41) is 0. The number of hydrogen-bond donors (Lipinski definition) is 0. The van der Waals surface area contributed by atoms with Crippen LogP contribution in [0, 0.1) is 13.8 Å². The number of ketones is 2. The van der Waals surface area contributed by atoms with Gasteiger partial charge in [-0.3, -0.25) is 9.59 Å². The molecule has 0 atom stereocenters. The highest BCUT2D eigenvalue weighted by molar-refractivity contribution is 6.02. The molecule has 0 aliphatic rings. The van der Waals surface area contributed by atoms with E-state index < -0.39 is 0 Å². The fourth-order valence-electron chi connectivity index (χ4n) is 2.21. The van der Waals surface area contributed by atoms with Gasteiger partial charge in [0.1, 0.15) is 5.75 Å². The van der Waals surface area contributed by atoms with Crippen molar-refractivity contribution in [2.75, 3.05) is 7.11 Å². The molecule has 0 unspecified atom stereocenters. The average molecular weight is 296 g/mol. The molecule has 0 aliphatic carbocycles. The molecule has 0 saturated heterocycles. The number of aryl methyl sites for hydroxylation is 2. The first kappa shape index (κ1) is 16.0. The summed E-state index contributed by atoms with van der Waals surface area (Å²) < 4.78 is 5.06. The molecular formula is C19H20O3. The zero-order chi connectivity index (χ0) is 16.1. The highest BCUT2D eigenvalue weighted by Gasteiger charge is 2.11. The Morgan fingerprint density at radius 2 is 1.36 bits per heavy atom. The molecule has 2 rings (SSSR count). The molecule has 0 saturated carbocycles. The van der Waals surface area contributed by atoms with Gasteiger partial charge in [0.25, 0.3) is 0 Å². The number of ether oxygens (including phenoxy) is 1. The summed E-state index contributed by atoms with van der Waals surface area (Å²) in [6.45, 7) is 3.99. The van der Waals surface area contributed by atoms with E-state index in [1.165, 1.54) is 0 Å². The van der Waals surface area contributed by atoms with Crippen LogP contribution in [0.2, 0.25) is 0 Å². The Labute approximate surface area is 130 Å². The second kappa shape index (κ2) is 7.03. The summed E-state index contributed by atoms with van der Waals surface area (Å²) in [4.78, 5) is 24.3. The van der Waals surface area contributed by atoms with Gasteiger partial charge in [-0.25, -0.2) is 0 Å². The number of carbonyl (C=O) groups excluding carboxylic acids is 2. The highest BCUT2D eigenvalue weighted by Crippen LogP contribution is 2.16. The summed E-state index contributed by atoms with van der Waals surface area (Å²) >= 11 is 0. The van der Waals surface area contributed by atoms with E-state index in [1.54, 1.807) is 31.4 Å². The van der Waals surface area contributed by atoms with Crippen molar-refractivity contribution in [2.45, 2.75) is 26.7 Å². The van der Waals surface area contributed by atoms with Gasteiger partial charge < -0.3 is 4.74 Å². The monoisotopic (exact) mass is 296 g/mol. The SMILES string of the molecule is COc1ccc(C(=O)CCC(=O)c2ccc(C)c(C)c2)cc1. The smallest absolute Gasteiger partial charge is 0.163 e. The molecule has 0 radical (unpaired) electrons. The molecule has 22 heavy (non-hydrogen) atoms. The van der Waals surface area contributed by atoms with Gasteiger partial charge in [-0.15, -0.1) is 0 Å². The molecule has 114 valence electrons. The van der Waals surface area contributed by atoms with Crippen molar-refractivity contribution in [3.8, 4) is 5.75 Å². The van der Waals surface area contributed by atoms with Crippen molar-refractivity contribution < 1.29 is 14.3 Å². The van der Waals surface area contributed by atoms with E-state index >= 15 is 0 Å². The van der Waals surface area contributed by atoms with Gasteiger partial charge in [0.05, 0.1) is 7.11 Å². The predicted molar refractivity (Wildman–Crippen MR) is 86.8 cm³/mol. The Kier molecular flexibility index (Phi) is 5.10. The maximum atomic E-state index is 12.2. The Bertz CT molecular complexity index is 684. The van der Waals surface area contributed by atoms with E-state index in [4.69, 9.17) is 4.74 Å². The van der Waals surface area contributed by atoms with Gasteiger partial charge in [-0.2, -0.15) is 0 Å². The van der Waals surface area contributed by atoms with Crippen LogP contribution in [0.4, 0.5) is 0 Å². The molecule has 3 heteroatoms. The van der Waals surface area contributed by atoms with Gasteiger partial charge in [0.15, 0.2) is 11.6 Å². The zero-order valence-electron chi connectivity index (χ0n) is 13.2. The average Bonchev–Trinajstić information content (AvgIpc) is 2.54. The summed E-state index contributed by atoms with van der Waals surface area (Å²) in [6, 6.07) is 12.6. The van der Waals surface area contributed by atoms with Crippen LogP contribution >= 0.6 is 0 Å². The molecule has 0 fully saturated rings. The molecular weight excluding hydrogens is 276 g/mol. The van der Waals surface area contributed by atoms with Crippen LogP contribution in [0.15, 0.2) is 42.5 Å². The first-order chi connectivity index (χ1) is 10.5. The molecule has 2 aromatic rings.